The van der Waals surface area contributed by atoms with E-state index in [1.807, 2.05) is 12.3 Å². The van der Waals surface area contributed by atoms with Crippen LogP contribution in [0.4, 0.5) is 0 Å². The van der Waals surface area contributed by atoms with Crippen molar-refractivity contribution < 1.29 is 0 Å². The van der Waals surface area contributed by atoms with Crippen LogP contribution in [0.15, 0.2) is 24.4 Å². The summed E-state index contributed by atoms with van der Waals surface area (Å²) < 4.78 is 0. The van der Waals surface area contributed by atoms with Crippen LogP contribution in [0.2, 0.25) is 0 Å². The van der Waals surface area contributed by atoms with Gasteiger partial charge in [-0.3, -0.25) is 4.98 Å². The highest BCUT2D eigenvalue weighted by molar-refractivity contribution is 5.23. The monoisotopic (exact) mass is 176 g/mol. The molecule has 0 aliphatic heterocycles. The normalized spacial score (nSPS) is 19.0. The minimum Gasteiger partial charge on any atom is -0.304 e. The van der Waals surface area contributed by atoms with Gasteiger partial charge in [0.25, 0.3) is 0 Å². The van der Waals surface area contributed by atoms with Crippen LogP contribution in [0.25, 0.3) is 0 Å². The molecule has 1 aliphatic carbocycles. The predicted octanol–water partition coefficient (Wildman–Crippen LogP) is 2.07. The lowest BCUT2D eigenvalue weighted by Crippen LogP contribution is -2.35. The molecule has 1 aliphatic rings. The number of rotatable bonds is 3. The van der Waals surface area contributed by atoms with Gasteiger partial charge in [-0.15, -0.1) is 0 Å². The summed E-state index contributed by atoms with van der Waals surface area (Å²) in [5.41, 5.74) is 1.40. The van der Waals surface area contributed by atoms with Gasteiger partial charge in [0.15, 0.2) is 0 Å². The van der Waals surface area contributed by atoms with Crippen molar-refractivity contribution in [2.45, 2.75) is 38.3 Å². The highest BCUT2D eigenvalue weighted by atomic mass is 15.1. The van der Waals surface area contributed by atoms with Crippen LogP contribution in [0.5, 0.6) is 0 Å². The van der Waals surface area contributed by atoms with Crippen LogP contribution in [0.1, 0.15) is 32.4 Å². The van der Waals surface area contributed by atoms with E-state index in [4.69, 9.17) is 0 Å². The molecule has 0 bridgehead atoms. The lowest BCUT2D eigenvalue weighted by Gasteiger charge is -2.19. The second-order valence-corrected chi connectivity index (χ2v) is 4.10. The van der Waals surface area contributed by atoms with Crippen molar-refractivity contribution >= 4 is 0 Å². The standard InChI is InChI=1S/C11H16N2/c1-9(2)13-11(6-7-11)10-5-3-4-8-12-10/h3-5,8-9,13H,6-7H2,1-2H3. The maximum absolute atomic E-state index is 4.40. The summed E-state index contributed by atoms with van der Waals surface area (Å²) in [5, 5.41) is 3.58. The minimum absolute atomic E-state index is 0.204. The van der Waals surface area contributed by atoms with Crippen molar-refractivity contribution in [3.8, 4) is 0 Å². The Bertz CT molecular complexity index is 275. The molecule has 1 heterocycles. The quantitative estimate of drug-likeness (QED) is 0.762. The zero-order valence-corrected chi connectivity index (χ0v) is 8.25. The van der Waals surface area contributed by atoms with Crippen LogP contribution < -0.4 is 5.32 Å². The number of aromatic nitrogens is 1. The van der Waals surface area contributed by atoms with Crippen molar-refractivity contribution in [1.29, 1.82) is 0 Å². The third-order valence-electron chi connectivity index (χ3n) is 2.47. The Labute approximate surface area is 79.4 Å². The van der Waals surface area contributed by atoms with E-state index in [-0.39, 0.29) is 5.54 Å². The van der Waals surface area contributed by atoms with Crippen molar-refractivity contribution in [3.63, 3.8) is 0 Å². The smallest absolute Gasteiger partial charge is 0.0612 e. The fraction of sp³-hybridized carbons (Fsp3) is 0.545. The van der Waals surface area contributed by atoms with Gasteiger partial charge < -0.3 is 5.32 Å². The van der Waals surface area contributed by atoms with Gasteiger partial charge in [-0.2, -0.15) is 0 Å². The van der Waals surface area contributed by atoms with E-state index in [2.05, 4.69) is 36.3 Å². The van der Waals surface area contributed by atoms with Crippen molar-refractivity contribution in [2.75, 3.05) is 0 Å². The molecule has 13 heavy (non-hydrogen) atoms. The summed E-state index contributed by atoms with van der Waals surface area (Å²) in [5.74, 6) is 0. The molecule has 0 aromatic carbocycles. The Morgan fingerprint density at radius 1 is 1.38 bits per heavy atom. The molecule has 0 radical (unpaired) electrons. The predicted molar refractivity (Wildman–Crippen MR) is 53.4 cm³/mol. The van der Waals surface area contributed by atoms with E-state index in [1.165, 1.54) is 18.5 Å². The van der Waals surface area contributed by atoms with Gasteiger partial charge in [-0.1, -0.05) is 6.07 Å². The van der Waals surface area contributed by atoms with Gasteiger partial charge in [0, 0.05) is 12.2 Å². The Hall–Kier alpha value is -0.890. The maximum Gasteiger partial charge on any atom is 0.0612 e. The van der Waals surface area contributed by atoms with Crippen molar-refractivity contribution in [3.05, 3.63) is 30.1 Å². The lowest BCUT2D eigenvalue weighted by atomic mass is 10.1. The fourth-order valence-electron chi connectivity index (χ4n) is 1.80. The van der Waals surface area contributed by atoms with Crippen molar-refractivity contribution in [1.82, 2.24) is 10.3 Å². The van der Waals surface area contributed by atoms with Gasteiger partial charge in [0.2, 0.25) is 0 Å². The summed E-state index contributed by atoms with van der Waals surface area (Å²) in [4.78, 5) is 4.40. The summed E-state index contributed by atoms with van der Waals surface area (Å²) in [6, 6.07) is 6.67. The van der Waals surface area contributed by atoms with Crippen LogP contribution >= 0.6 is 0 Å². The number of pyridine rings is 1. The Kier molecular flexibility index (Phi) is 2.08. The molecule has 1 fully saturated rings. The van der Waals surface area contributed by atoms with E-state index < -0.39 is 0 Å². The topological polar surface area (TPSA) is 24.9 Å². The Morgan fingerprint density at radius 3 is 2.62 bits per heavy atom. The molecule has 1 saturated carbocycles. The minimum atomic E-state index is 0.204. The second-order valence-electron chi connectivity index (χ2n) is 4.10. The largest absolute Gasteiger partial charge is 0.304 e. The zero-order chi connectivity index (χ0) is 9.31. The zero-order valence-electron chi connectivity index (χ0n) is 8.25. The third-order valence-corrected chi connectivity index (χ3v) is 2.47. The Morgan fingerprint density at radius 2 is 2.15 bits per heavy atom. The average molecular weight is 176 g/mol. The van der Waals surface area contributed by atoms with E-state index in [0.717, 1.165) is 0 Å². The highest BCUT2D eigenvalue weighted by Gasteiger charge is 2.45. The van der Waals surface area contributed by atoms with E-state index in [0.29, 0.717) is 6.04 Å². The summed E-state index contributed by atoms with van der Waals surface area (Å²) in [6.45, 7) is 4.37. The molecule has 1 aromatic rings. The first-order chi connectivity index (χ1) is 6.23. The lowest BCUT2D eigenvalue weighted by molar-refractivity contribution is 0.452. The number of nitrogens with one attached hydrogen (secondary N) is 1. The maximum atomic E-state index is 4.40. The molecule has 2 nitrogen and oxygen atoms in total. The molecule has 2 heteroatoms. The van der Waals surface area contributed by atoms with E-state index >= 15 is 0 Å². The van der Waals surface area contributed by atoms with Gasteiger partial charge in [-0.25, -0.2) is 0 Å². The molecule has 0 amide bonds. The van der Waals surface area contributed by atoms with Gasteiger partial charge >= 0.3 is 0 Å². The van der Waals surface area contributed by atoms with Crippen LogP contribution in [0.3, 0.4) is 0 Å². The van der Waals surface area contributed by atoms with E-state index in [9.17, 15) is 0 Å². The number of hydrogen-bond donors (Lipinski definition) is 1. The van der Waals surface area contributed by atoms with Gasteiger partial charge in [0.1, 0.15) is 0 Å². The van der Waals surface area contributed by atoms with Crippen LogP contribution in [-0.2, 0) is 5.54 Å². The van der Waals surface area contributed by atoms with Crippen LogP contribution in [0, 0.1) is 0 Å². The SMILES string of the molecule is CC(C)NC1(c2ccccn2)CC1. The van der Waals surface area contributed by atoms with Gasteiger partial charge in [-0.05, 0) is 38.8 Å². The van der Waals surface area contributed by atoms with Crippen molar-refractivity contribution in [2.24, 2.45) is 0 Å². The molecule has 2 rings (SSSR count). The molecule has 0 atom stereocenters. The first kappa shape index (κ1) is 8.70. The van der Waals surface area contributed by atoms with Crippen LogP contribution in [-0.4, -0.2) is 11.0 Å². The molecule has 1 N–H and O–H groups in total. The summed E-state index contributed by atoms with van der Waals surface area (Å²) >= 11 is 0. The molecular weight excluding hydrogens is 160 g/mol. The Balaban J connectivity index is 2.16. The fourth-order valence-corrected chi connectivity index (χ4v) is 1.80. The molecule has 0 unspecified atom stereocenters. The highest BCUT2D eigenvalue weighted by Crippen LogP contribution is 2.44. The molecule has 70 valence electrons. The molecule has 0 saturated heterocycles. The molecular formula is C11H16N2. The second kappa shape index (κ2) is 3.11. The average Bonchev–Trinajstić information content (AvgIpc) is 2.86. The first-order valence-corrected chi connectivity index (χ1v) is 4.92. The number of nitrogens with zero attached hydrogens (tertiary/aromatic N) is 1. The summed E-state index contributed by atoms with van der Waals surface area (Å²) in [6.07, 6.45) is 4.32. The van der Waals surface area contributed by atoms with Gasteiger partial charge in [0.05, 0.1) is 11.2 Å². The molecule has 0 spiro atoms. The molecule has 1 aromatic heterocycles. The third kappa shape index (κ3) is 1.73. The van der Waals surface area contributed by atoms with E-state index in [1.54, 1.807) is 0 Å². The first-order valence-electron chi connectivity index (χ1n) is 4.92. The number of hydrogen-bond acceptors (Lipinski definition) is 2. The summed E-state index contributed by atoms with van der Waals surface area (Å²) in [7, 11) is 0.